The van der Waals surface area contributed by atoms with Crippen molar-refractivity contribution in [3.05, 3.63) is 35.9 Å². The average Bonchev–Trinajstić information content (AvgIpc) is 2.40. The molecule has 1 unspecified atom stereocenters. The predicted octanol–water partition coefficient (Wildman–Crippen LogP) is 3.28. The van der Waals surface area contributed by atoms with Crippen molar-refractivity contribution in [3.8, 4) is 0 Å². The van der Waals surface area contributed by atoms with Crippen LogP contribution in [0.4, 0.5) is 0 Å². The number of aliphatic hydroxyl groups is 1. The van der Waals surface area contributed by atoms with Gasteiger partial charge in [0.1, 0.15) is 0 Å². The number of hydrogen-bond donors (Lipinski definition) is 2. The molecule has 0 heterocycles. The maximum Gasteiger partial charge on any atom is 0.0914 e. The molecule has 0 spiro atoms. The number of benzene rings is 1. The number of nitrogens with one attached hydrogen (secondary N) is 1. The van der Waals surface area contributed by atoms with E-state index in [4.69, 9.17) is 0 Å². The van der Waals surface area contributed by atoms with Crippen LogP contribution in [0.2, 0.25) is 0 Å². The van der Waals surface area contributed by atoms with Crippen molar-refractivity contribution in [1.29, 1.82) is 0 Å². The first-order valence-electron chi connectivity index (χ1n) is 7.13. The smallest absolute Gasteiger partial charge is 0.0914 e. The van der Waals surface area contributed by atoms with Crippen LogP contribution >= 0.6 is 0 Å². The molecule has 1 saturated carbocycles. The highest BCUT2D eigenvalue weighted by Gasteiger charge is 2.26. The number of rotatable bonds is 5. The van der Waals surface area contributed by atoms with Crippen LogP contribution in [0.1, 0.15) is 50.7 Å². The Hall–Kier alpha value is -0.860. The summed E-state index contributed by atoms with van der Waals surface area (Å²) in [5.74, 6) is 0. The lowest BCUT2D eigenvalue weighted by Crippen LogP contribution is -2.35. The van der Waals surface area contributed by atoms with Crippen LogP contribution in [0.25, 0.3) is 0 Å². The van der Waals surface area contributed by atoms with Gasteiger partial charge in [0.25, 0.3) is 0 Å². The Bertz CT molecular complexity index is 343. The highest BCUT2D eigenvalue weighted by atomic mass is 16.3. The van der Waals surface area contributed by atoms with Gasteiger partial charge in [0.2, 0.25) is 0 Å². The summed E-state index contributed by atoms with van der Waals surface area (Å²) < 4.78 is 0. The summed E-state index contributed by atoms with van der Waals surface area (Å²) in [4.78, 5) is 0. The van der Waals surface area contributed by atoms with Crippen molar-refractivity contribution >= 4 is 0 Å². The van der Waals surface area contributed by atoms with Gasteiger partial charge in [-0.1, -0.05) is 56.5 Å². The van der Waals surface area contributed by atoms with E-state index in [-0.39, 0.29) is 0 Å². The lowest BCUT2D eigenvalue weighted by molar-refractivity contribution is 0.155. The van der Waals surface area contributed by atoms with Crippen LogP contribution in [-0.4, -0.2) is 18.2 Å². The average molecular weight is 247 g/mol. The summed E-state index contributed by atoms with van der Waals surface area (Å²) >= 11 is 0. The lowest BCUT2D eigenvalue weighted by Gasteiger charge is -2.34. The van der Waals surface area contributed by atoms with Gasteiger partial charge in [0, 0.05) is 13.1 Å². The van der Waals surface area contributed by atoms with Gasteiger partial charge >= 0.3 is 0 Å². The molecular weight excluding hydrogens is 222 g/mol. The van der Waals surface area contributed by atoms with Gasteiger partial charge in [-0.05, 0) is 23.8 Å². The van der Waals surface area contributed by atoms with E-state index < -0.39 is 6.10 Å². The largest absolute Gasteiger partial charge is 0.387 e. The zero-order valence-corrected chi connectivity index (χ0v) is 11.4. The second kappa shape index (κ2) is 6.35. The van der Waals surface area contributed by atoms with E-state index in [0.29, 0.717) is 12.0 Å². The minimum Gasteiger partial charge on any atom is -0.387 e. The van der Waals surface area contributed by atoms with Gasteiger partial charge in [-0.2, -0.15) is 0 Å². The Labute approximate surface area is 110 Å². The van der Waals surface area contributed by atoms with Crippen LogP contribution < -0.4 is 5.32 Å². The van der Waals surface area contributed by atoms with Crippen molar-refractivity contribution in [2.75, 3.05) is 13.1 Å². The predicted molar refractivity (Wildman–Crippen MR) is 75.5 cm³/mol. The third-order valence-electron chi connectivity index (χ3n) is 4.13. The summed E-state index contributed by atoms with van der Waals surface area (Å²) in [5.41, 5.74) is 1.44. The molecule has 1 aromatic carbocycles. The van der Waals surface area contributed by atoms with Crippen LogP contribution in [-0.2, 0) is 0 Å². The van der Waals surface area contributed by atoms with E-state index in [9.17, 15) is 5.11 Å². The second-order valence-electron chi connectivity index (χ2n) is 5.93. The molecule has 0 aromatic heterocycles. The fourth-order valence-corrected chi connectivity index (χ4v) is 2.89. The molecule has 2 nitrogen and oxygen atoms in total. The number of aliphatic hydroxyl groups excluding tert-OH is 1. The minimum absolute atomic E-state index is 0.390. The van der Waals surface area contributed by atoms with Crippen LogP contribution in [0, 0.1) is 5.41 Å². The zero-order valence-electron chi connectivity index (χ0n) is 11.4. The Morgan fingerprint density at radius 2 is 1.83 bits per heavy atom. The van der Waals surface area contributed by atoms with Crippen molar-refractivity contribution in [2.45, 2.75) is 45.1 Å². The summed E-state index contributed by atoms with van der Waals surface area (Å²) in [6.45, 7) is 4.05. The first-order valence-corrected chi connectivity index (χ1v) is 7.13. The maximum absolute atomic E-state index is 10.1. The highest BCUT2D eigenvalue weighted by molar-refractivity contribution is 5.17. The van der Waals surface area contributed by atoms with Crippen molar-refractivity contribution < 1.29 is 5.11 Å². The first kappa shape index (κ1) is 13.6. The highest BCUT2D eigenvalue weighted by Crippen LogP contribution is 2.34. The van der Waals surface area contributed by atoms with Crippen LogP contribution in [0.5, 0.6) is 0 Å². The maximum atomic E-state index is 10.1. The molecule has 18 heavy (non-hydrogen) atoms. The molecular formula is C16H25NO. The molecule has 1 aliphatic carbocycles. The Morgan fingerprint density at radius 1 is 1.17 bits per heavy atom. The standard InChI is InChI=1S/C16H25NO/c1-16(10-6-3-7-11-16)13-17-12-15(18)14-8-4-2-5-9-14/h2,4-5,8-9,15,17-18H,3,6-7,10-13H2,1H3. The van der Waals surface area contributed by atoms with Gasteiger partial charge in [-0.3, -0.25) is 0 Å². The molecule has 0 radical (unpaired) electrons. The molecule has 0 bridgehead atoms. The fraction of sp³-hybridized carbons (Fsp3) is 0.625. The summed E-state index contributed by atoms with van der Waals surface area (Å²) in [7, 11) is 0. The summed E-state index contributed by atoms with van der Waals surface area (Å²) in [6.07, 6.45) is 6.36. The molecule has 2 heteroatoms. The van der Waals surface area contributed by atoms with Gasteiger partial charge in [0.05, 0.1) is 6.10 Å². The minimum atomic E-state index is -0.390. The van der Waals surface area contributed by atoms with Crippen molar-refractivity contribution in [2.24, 2.45) is 5.41 Å². The summed E-state index contributed by atoms with van der Waals surface area (Å²) in [6, 6.07) is 9.89. The third kappa shape index (κ3) is 3.82. The third-order valence-corrected chi connectivity index (χ3v) is 4.13. The molecule has 1 fully saturated rings. The SMILES string of the molecule is CC1(CNCC(O)c2ccccc2)CCCCC1. The zero-order chi connectivity index (χ0) is 12.8. The molecule has 2 rings (SSSR count). The second-order valence-corrected chi connectivity index (χ2v) is 5.93. The fourth-order valence-electron chi connectivity index (χ4n) is 2.89. The monoisotopic (exact) mass is 247 g/mol. The quantitative estimate of drug-likeness (QED) is 0.837. The Kier molecular flexibility index (Phi) is 4.79. The molecule has 100 valence electrons. The normalized spacial score (nSPS) is 20.6. The molecule has 0 aliphatic heterocycles. The van der Waals surface area contributed by atoms with E-state index in [0.717, 1.165) is 12.1 Å². The lowest BCUT2D eigenvalue weighted by atomic mass is 9.76. The van der Waals surface area contributed by atoms with Gasteiger partial charge in [0.15, 0.2) is 0 Å². The van der Waals surface area contributed by atoms with Gasteiger partial charge in [-0.25, -0.2) is 0 Å². The molecule has 0 saturated heterocycles. The molecule has 0 amide bonds. The van der Waals surface area contributed by atoms with Gasteiger partial charge < -0.3 is 10.4 Å². The Morgan fingerprint density at radius 3 is 2.50 bits per heavy atom. The van der Waals surface area contributed by atoms with E-state index in [1.54, 1.807) is 0 Å². The van der Waals surface area contributed by atoms with Gasteiger partial charge in [-0.15, -0.1) is 0 Å². The molecule has 1 aliphatic rings. The van der Waals surface area contributed by atoms with E-state index in [1.807, 2.05) is 30.3 Å². The number of hydrogen-bond acceptors (Lipinski definition) is 2. The molecule has 1 aromatic rings. The van der Waals surface area contributed by atoms with Crippen LogP contribution in [0.3, 0.4) is 0 Å². The van der Waals surface area contributed by atoms with Crippen molar-refractivity contribution in [1.82, 2.24) is 5.32 Å². The molecule has 2 N–H and O–H groups in total. The Balaban J connectivity index is 1.75. The van der Waals surface area contributed by atoms with Crippen molar-refractivity contribution in [3.63, 3.8) is 0 Å². The molecule has 1 atom stereocenters. The van der Waals surface area contributed by atoms with E-state index >= 15 is 0 Å². The summed E-state index contributed by atoms with van der Waals surface area (Å²) in [5, 5.41) is 13.5. The topological polar surface area (TPSA) is 32.3 Å². The van der Waals surface area contributed by atoms with E-state index in [1.165, 1.54) is 32.1 Å². The first-order chi connectivity index (χ1) is 8.70. The van der Waals surface area contributed by atoms with E-state index in [2.05, 4.69) is 12.2 Å². The van der Waals surface area contributed by atoms with Crippen LogP contribution in [0.15, 0.2) is 30.3 Å².